The fourth-order valence-electron chi connectivity index (χ4n) is 2.13. The van der Waals surface area contributed by atoms with Crippen molar-refractivity contribution in [1.82, 2.24) is 9.78 Å². The molecule has 0 amide bonds. The van der Waals surface area contributed by atoms with Crippen molar-refractivity contribution < 1.29 is 18.3 Å². The number of nitrogens with zero attached hydrogens (tertiary/aromatic N) is 2. The first-order valence-corrected chi connectivity index (χ1v) is 7.18. The number of aryl methyl sites for hydroxylation is 2. The highest BCUT2D eigenvalue weighted by molar-refractivity contribution is 9.10. The molecule has 2 rings (SSSR count). The molecule has 0 saturated heterocycles. The minimum atomic E-state index is -1.54. The van der Waals surface area contributed by atoms with Crippen molar-refractivity contribution in [3.63, 3.8) is 0 Å². The van der Waals surface area contributed by atoms with Crippen LogP contribution in [0.5, 0.6) is 0 Å². The summed E-state index contributed by atoms with van der Waals surface area (Å²) in [4.78, 5) is 0. The standard InChI is InChI=1S/C14H14BrF3N2O/c1-3-20-11(13(15)7(2)19-20)6-12(21)8-4-9(16)14(18)10(17)5-8/h4-5,12,21H,3,6H2,1-2H3. The van der Waals surface area contributed by atoms with Gasteiger partial charge in [-0.3, -0.25) is 4.68 Å². The van der Waals surface area contributed by atoms with Crippen LogP contribution in [0.25, 0.3) is 0 Å². The molecule has 0 saturated carbocycles. The second-order valence-electron chi connectivity index (χ2n) is 4.68. The third-order valence-corrected chi connectivity index (χ3v) is 4.26. The molecule has 3 nitrogen and oxygen atoms in total. The van der Waals surface area contributed by atoms with E-state index in [1.807, 2.05) is 13.8 Å². The molecule has 0 aliphatic rings. The summed E-state index contributed by atoms with van der Waals surface area (Å²) < 4.78 is 41.8. The fourth-order valence-corrected chi connectivity index (χ4v) is 2.58. The van der Waals surface area contributed by atoms with Crippen molar-refractivity contribution in [1.29, 1.82) is 0 Å². The van der Waals surface area contributed by atoms with Gasteiger partial charge in [0, 0.05) is 13.0 Å². The third kappa shape index (κ3) is 3.13. The number of halogens is 4. The Bertz CT molecular complexity index is 649. The maximum atomic E-state index is 13.2. The number of aromatic nitrogens is 2. The van der Waals surface area contributed by atoms with Crippen molar-refractivity contribution in [2.75, 3.05) is 0 Å². The van der Waals surface area contributed by atoms with Crippen molar-refractivity contribution in [3.05, 3.63) is 51.0 Å². The summed E-state index contributed by atoms with van der Waals surface area (Å²) in [5.74, 6) is -4.17. The zero-order valence-electron chi connectivity index (χ0n) is 11.5. The summed E-state index contributed by atoms with van der Waals surface area (Å²) >= 11 is 3.38. The van der Waals surface area contributed by atoms with Gasteiger partial charge in [0.2, 0.25) is 0 Å². The zero-order valence-corrected chi connectivity index (χ0v) is 13.1. The Morgan fingerprint density at radius 3 is 2.38 bits per heavy atom. The van der Waals surface area contributed by atoms with Crippen LogP contribution in [0.3, 0.4) is 0 Å². The molecule has 0 aliphatic carbocycles. The van der Waals surface area contributed by atoms with Crippen LogP contribution in [-0.2, 0) is 13.0 Å². The second-order valence-corrected chi connectivity index (χ2v) is 5.47. The highest BCUT2D eigenvalue weighted by Gasteiger charge is 2.20. The summed E-state index contributed by atoms with van der Waals surface area (Å²) in [6.45, 7) is 4.30. The van der Waals surface area contributed by atoms with Crippen LogP contribution in [0, 0.1) is 24.4 Å². The molecule has 1 heterocycles. The monoisotopic (exact) mass is 362 g/mol. The molecule has 1 N–H and O–H groups in total. The van der Waals surface area contributed by atoms with Gasteiger partial charge < -0.3 is 5.11 Å². The van der Waals surface area contributed by atoms with E-state index in [1.54, 1.807) is 4.68 Å². The first-order valence-electron chi connectivity index (χ1n) is 6.39. The van der Waals surface area contributed by atoms with E-state index in [0.717, 1.165) is 22.3 Å². The van der Waals surface area contributed by atoms with Gasteiger partial charge in [-0.1, -0.05) is 0 Å². The molecule has 0 spiro atoms. The molecule has 1 aromatic heterocycles. The lowest BCUT2D eigenvalue weighted by atomic mass is 10.0. The molecule has 1 atom stereocenters. The lowest BCUT2D eigenvalue weighted by Crippen LogP contribution is -2.10. The van der Waals surface area contributed by atoms with Gasteiger partial charge in [0.15, 0.2) is 17.5 Å². The van der Waals surface area contributed by atoms with E-state index in [4.69, 9.17) is 0 Å². The Morgan fingerprint density at radius 1 is 1.29 bits per heavy atom. The number of hydrogen-bond acceptors (Lipinski definition) is 2. The number of rotatable bonds is 4. The van der Waals surface area contributed by atoms with Crippen LogP contribution in [0.4, 0.5) is 13.2 Å². The van der Waals surface area contributed by atoms with Crippen molar-refractivity contribution in [2.45, 2.75) is 32.9 Å². The van der Waals surface area contributed by atoms with Gasteiger partial charge in [0.25, 0.3) is 0 Å². The van der Waals surface area contributed by atoms with Crippen molar-refractivity contribution in [2.24, 2.45) is 0 Å². The zero-order chi connectivity index (χ0) is 15.7. The van der Waals surface area contributed by atoms with Gasteiger partial charge >= 0.3 is 0 Å². The quantitative estimate of drug-likeness (QED) is 0.842. The number of aliphatic hydroxyl groups excluding tert-OH is 1. The average Bonchev–Trinajstić information content (AvgIpc) is 2.71. The summed E-state index contributed by atoms with van der Waals surface area (Å²) in [5, 5.41) is 14.4. The van der Waals surface area contributed by atoms with Gasteiger partial charge in [-0.2, -0.15) is 5.10 Å². The summed E-state index contributed by atoms with van der Waals surface area (Å²) in [6.07, 6.45) is -1.05. The molecule has 0 fully saturated rings. The molecule has 1 unspecified atom stereocenters. The summed E-state index contributed by atoms with van der Waals surface area (Å²) in [5.41, 5.74) is 1.46. The van der Waals surface area contributed by atoms with Crippen LogP contribution >= 0.6 is 15.9 Å². The first-order chi connectivity index (χ1) is 9.85. The first kappa shape index (κ1) is 16.0. The van der Waals surface area contributed by atoms with E-state index in [-0.39, 0.29) is 12.0 Å². The minimum absolute atomic E-state index is 0.0141. The highest BCUT2D eigenvalue weighted by atomic mass is 79.9. The largest absolute Gasteiger partial charge is 0.388 e. The molecule has 21 heavy (non-hydrogen) atoms. The van der Waals surface area contributed by atoms with E-state index in [9.17, 15) is 18.3 Å². The number of benzene rings is 1. The lowest BCUT2D eigenvalue weighted by Gasteiger charge is -2.13. The van der Waals surface area contributed by atoms with E-state index < -0.39 is 23.6 Å². The predicted octanol–water partition coefficient (Wildman–Crippen LogP) is 3.67. The van der Waals surface area contributed by atoms with Gasteiger partial charge in [0.05, 0.1) is 22.0 Å². The topological polar surface area (TPSA) is 38.0 Å². The number of hydrogen-bond donors (Lipinski definition) is 1. The summed E-state index contributed by atoms with van der Waals surface area (Å²) in [6, 6.07) is 1.60. The van der Waals surface area contributed by atoms with Crippen LogP contribution in [0.15, 0.2) is 16.6 Å². The smallest absolute Gasteiger partial charge is 0.194 e. The number of aliphatic hydroxyl groups is 1. The fraction of sp³-hybridized carbons (Fsp3) is 0.357. The highest BCUT2D eigenvalue weighted by Crippen LogP contribution is 2.27. The Hall–Kier alpha value is -1.34. The van der Waals surface area contributed by atoms with E-state index in [1.165, 1.54) is 0 Å². The van der Waals surface area contributed by atoms with Gasteiger partial charge in [-0.15, -0.1) is 0 Å². The summed E-state index contributed by atoms with van der Waals surface area (Å²) in [7, 11) is 0. The minimum Gasteiger partial charge on any atom is -0.388 e. The Labute approximate surface area is 128 Å². The van der Waals surface area contributed by atoms with E-state index >= 15 is 0 Å². The predicted molar refractivity (Wildman–Crippen MR) is 75.3 cm³/mol. The van der Waals surface area contributed by atoms with Crippen LogP contribution in [0.2, 0.25) is 0 Å². The maximum absolute atomic E-state index is 13.2. The molecule has 0 bridgehead atoms. The normalized spacial score (nSPS) is 12.7. The average molecular weight is 363 g/mol. The third-order valence-electron chi connectivity index (χ3n) is 3.23. The SMILES string of the molecule is CCn1nc(C)c(Br)c1CC(O)c1cc(F)c(F)c(F)c1. The van der Waals surface area contributed by atoms with Gasteiger partial charge in [0.1, 0.15) is 0 Å². The van der Waals surface area contributed by atoms with Crippen LogP contribution < -0.4 is 0 Å². The Kier molecular flexibility index (Phi) is 4.73. The molecular weight excluding hydrogens is 349 g/mol. The molecule has 0 aliphatic heterocycles. The lowest BCUT2D eigenvalue weighted by molar-refractivity contribution is 0.174. The molecule has 114 valence electrons. The molecule has 0 radical (unpaired) electrons. The second kappa shape index (κ2) is 6.19. The molecule has 2 aromatic rings. The van der Waals surface area contributed by atoms with Crippen LogP contribution in [0.1, 0.15) is 30.0 Å². The van der Waals surface area contributed by atoms with Crippen molar-refractivity contribution in [3.8, 4) is 0 Å². The molecule has 1 aromatic carbocycles. The Morgan fingerprint density at radius 2 is 1.86 bits per heavy atom. The Balaban J connectivity index is 2.32. The molecular formula is C14H14BrF3N2O. The van der Waals surface area contributed by atoms with Gasteiger partial charge in [-0.25, -0.2) is 13.2 Å². The molecule has 7 heteroatoms. The van der Waals surface area contributed by atoms with Crippen molar-refractivity contribution >= 4 is 15.9 Å². The van der Waals surface area contributed by atoms with E-state index in [2.05, 4.69) is 21.0 Å². The van der Waals surface area contributed by atoms with E-state index in [0.29, 0.717) is 12.2 Å². The van der Waals surface area contributed by atoms with Gasteiger partial charge in [-0.05, 0) is 47.5 Å². The van der Waals surface area contributed by atoms with Crippen LogP contribution in [-0.4, -0.2) is 14.9 Å². The maximum Gasteiger partial charge on any atom is 0.194 e.